The standard InChI is InChI=1S/C16H21N3OS/c1-19(2)10-13-6-4-3-5-12(13)8-18-9-15-7-14(11-21-15)16(17)20/h3-7,11,18H,8-10H2,1-2H3,(H2,17,20). The van der Waals surface area contributed by atoms with E-state index in [9.17, 15) is 4.79 Å². The first-order valence-corrected chi connectivity index (χ1v) is 7.73. The number of nitrogens with one attached hydrogen (secondary N) is 1. The highest BCUT2D eigenvalue weighted by molar-refractivity contribution is 7.10. The molecule has 0 aliphatic heterocycles. The van der Waals surface area contributed by atoms with Gasteiger partial charge in [0.25, 0.3) is 0 Å². The maximum absolute atomic E-state index is 11.1. The van der Waals surface area contributed by atoms with E-state index in [0.717, 1.165) is 24.5 Å². The first kappa shape index (κ1) is 15.7. The second-order valence-electron chi connectivity index (χ2n) is 5.28. The molecule has 0 fully saturated rings. The maximum atomic E-state index is 11.1. The molecule has 3 N–H and O–H groups in total. The van der Waals surface area contributed by atoms with Gasteiger partial charge in [-0.3, -0.25) is 4.79 Å². The van der Waals surface area contributed by atoms with E-state index >= 15 is 0 Å². The molecule has 0 saturated carbocycles. The van der Waals surface area contributed by atoms with Crippen LogP contribution in [0.1, 0.15) is 26.4 Å². The van der Waals surface area contributed by atoms with Crippen molar-refractivity contribution in [2.45, 2.75) is 19.6 Å². The molecule has 0 spiro atoms. The van der Waals surface area contributed by atoms with Crippen LogP contribution in [0.5, 0.6) is 0 Å². The number of hydrogen-bond acceptors (Lipinski definition) is 4. The number of carbonyl (C=O) groups is 1. The summed E-state index contributed by atoms with van der Waals surface area (Å²) in [6.45, 7) is 2.49. The van der Waals surface area contributed by atoms with Crippen molar-refractivity contribution in [1.82, 2.24) is 10.2 Å². The Bertz CT molecular complexity index is 607. The van der Waals surface area contributed by atoms with Gasteiger partial charge in [-0.25, -0.2) is 0 Å². The smallest absolute Gasteiger partial charge is 0.249 e. The zero-order valence-electron chi connectivity index (χ0n) is 12.4. The average Bonchev–Trinajstić information content (AvgIpc) is 2.89. The third kappa shape index (κ3) is 4.67. The Kier molecular flexibility index (Phi) is 5.50. The van der Waals surface area contributed by atoms with E-state index in [4.69, 9.17) is 5.73 Å². The maximum Gasteiger partial charge on any atom is 0.249 e. The molecule has 0 bridgehead atoms. The minimum atomic E-state index is -0.367. The molecule has 1 aromatic heterocycles. The van der Waals surface area contributed by atoms with Gasteiger partial charge in [0.05, 0.1) is 5.56 Å². The van der Waals surface area contributed by atoms with Gasteiger partial charge in [-0.15, -0.1) is 11.3 Å². The number of hydrogen-bond donors (Lipinski definition) is 2. The monoisotopic (exact) mass is 303 g/mol. The van der Waals surface area contributed by atoms with Gasteiger partial charge in [-0.2, -0.15) is 0 Å². The van der Waals surface area contributed by atoms with Crippen LogP contribution in [-0.4, -0.2) is 24.9 Å². The molecule has 2 aromatic rings. The Morgan fingerprint density at radius 3 is 2.57 bits per heavy atom. The number of carbonyl (C=O) groups excluding carboxylic acids is 1. The normalized spacial score (nSPS) is 11.0. The molecular formula is C16H21N3OS. The zero-order valence-corrected chi connectivity index (χ0v) is 13.2. The Balaban J connectivity index is 1.92. The van der Waals surface area contributed by atoms with Crippen LogP contribution in [0.15, 0.2) is 35.7 Å². The van der Waals surface area contributed by atoms with Crippen LogP contribution >= 0.6 is 11.3 Å². The lowest BCUT2D eigenvalue weighted by molar-refractivity contribution is 0.100. The molecule has 1 aromatic carbocycles. The summed E-state index contributed by atoms with van der Waals surface area (Å²) in [6, 6.07) is 10.3. The highest BCUT2D eigenvalue weighted by Crippen LogP contribution is 2.15. The fourth-order valence-corrected chi connectivity index (χ4v) is 2.99. The van der Waals surface area contributed by atoms with Crippen LogP contribution < -0.4 is 11.1 Å². The number of amides is 1. The third-order valence-corrected chi connectivity index (χ3v) is 4.09. The predicted octanol–water partition coefficient (Wildman–Crippen LogP) is 2.20. The van der Waals surface area contributed by atoms with Crippen LogP contribution in [0, 0.1) is 0 Å². The molecule has 4 nitrogen and oxygen atoms in total. The molecule has 1 amide bonds. The molecule has 2 rings (SSSR count). The van der Waals surface area contributed by atoms with E-state index in [0.29, 0.717) is 5.56 Å². The highest BCUT2D eigenvalue weighted by atomic mass is 32.1. The molecule has 5 heteroatoms. The quantitative estimate of drug-likeness (QED) is 0.824. The van der Waals surface area contributed by atoms with Crippen LogP contribution in [-0.2, 0) is 19.6 Å². The molecule has 0 saturated heterocycles. The fraction of sp³-hybridized carbons (Fsp3) is 0.312. The van der Waals surface area contributed by atoms with Crippen molar-refractivity contribution in [1.29, 1.82) is 0 Å². The molecule has 0 aliphatic carbocycles. The van der Waals surface area contributed by atoms with Gasteiger partial charge < -0.3 is 16.0 Å². The second kappa shape index (κ2) is 7.36. The summed E-state index contributed by atoms with van der Waals surface area (Å²) < 4.78 is 0. The van der Waals surface area contributed by atoms with Crippen molar-refractivity contribution < 1.29 is 4.79 Å². The van der Waals surface area contributed by atoms with Gasteiger partial charge in [-0.05, 0) is 31.3 Å². The van der Waals surface area contributed by atoms with Crippen LogP contribution in [0.3, 0.4) is 0 Å². The zero-order chi connectivity index (χ0) is 15.2. The third-order valence-electron chi connectivity index (χ3n) is 3.16. The summed E-state index contributed by atoms with van der Waals surface area (Å²) >= 11 is 1.56. The number of rotatable bonds is 7. The summed E-state index contributed by atoms with van der Waals surface area (Å²) in [5, 5.41) is 5.23. The van der Waals surface area contributed by atoms with Crippen molar-refractivity contribution in [3.63, 3.8) is 0 Å². The van der Waals surface area contributed by atoms with E-state index in [2.05, 4.69) is 48.6 Å². The summed E-state index contributed by atoms with van der Waals surface area (Å²) in [4.78, 5) is 14.3. The lowest BCUT2D eigenvalue weighted by atomic mass is 10.1. The van der Waals surface area contributed by atoms with Crippen molar-refractivity contribution >= 4 is 17.2 Å². The molecule has 0 atom stereocenters. The molecule has 0 aliphatic rings. The minimum absolute atomic E-state index is 0.367. The first-order valence-electron chi connectivity index (χ1n) is 6.85. The number of nitrogens with zero attached hydrogens (tertiary/aromatic N) is 1. The first-order chi connectivity index (χ1) is 10.1. The average molecular weight is 303 g/mol. The highest BCUT2D eigenvalue weighted by Gasteiger charge is 2.06. The van der Waals surface area contributed by atoms with Crippen molar-refractivity contribution in [3.8, 4) is 0 Å². The second-order valence-corrected chi connectivity index (χ2v) is 6.27. The van der Waals surface area contributed by atoms with E-state index in [1.807, 2.05) is 6.07 Å². The predicted molar refractivity (Wildman–Crippen MR) is 87.2 cm³/mol. The van der Waals surface area contributed by atoms with E-state index in [-0.39, 0.29) is 5.91 Å². The lowest BCUT2D eigenvalue weighted by Crippen LogP contribution is -2.17. The molecule has 112 valence electrons. The number of benzene rings is 1. The topological polar surface area (TPSA) is 58.4 Å². The van der Waals surface area contributed by atoms with Crippen LogP contribution in [0.4, 0.5) is 0 Å². The van der Waals surface area contributed by atoms with Crippen molar-refractivity contribution in [3.05, 3.63) is 57.3 Å². The lowest BCUT2D eigenvalue weighted by Gasteiger charge is -2.14. The Labute approximate surface area is 129 Å². The van der Waals surface area contributed by atoms with Crippen molar-refractivity contribution in [2.75, 3.05) is 14.1 Å². The van der Waals surface area contributed by atoms with Gasteiger partial charge >= 0.3 is 0 Å². The SMILES string of the molecule is CN(C)Cc1ccccc1CNCc1cc(C(N)=O)cs1. The Morgan fingerprint density at radius 2 is 1.95 bits per heavy atom. The fourth-order valence-electron chi connectivity index (χ4n) is 2.15. The van der Waals surface area contributed by atoms with E-state index in [1.165, 1.54) is 11.1 Å². The number of thiophene rings is 1. The summed E-state index contributed by atoms with van der Waals surface area (Å²) in [7, 11) is 4.14. The van der Waals surface area contributed by atoms with Gasteiger partial charge in [0.1, 0.15) is 0 Å². The summed E-state index contributed by atoms with van der Waals surface area (Å²) in [5.41, 5.74) is 8.48. The Morgan fingerprint density at radius 1 is 1.24 bits per heavy atom. The van der Waals surface area contributed by atoms with Crippen molar-refractivity contribution in [2.24, 2.45) is 5.73 Å². The van der Waals surface area contributed by atoms with E-state index in [1.54, 1.807) is 16.7 Å². The Hall–Kier alpha value is -1.69. The molecule has 1 heterocycles. The molecule has 0 radical (unpaired) electrons. The van der Waals surface area contributed by atoms with Crippen LogP contribution in [0.2, 0.25) is 0 Å². The summed E-state index contributed by atoms with van der Waals surface area (Å²) in [5.74, 6) is -0.367. The van der Waals surface area contributed by atoms with Gasteiger partial charge in [0.15, 0.2) is 0 Å². The van der Waals surface area contributed by atoms with Gasteiger partial charge in [-0.1, -0.05) is 24.3 Å². The van der Waals surface area contributed by atoms with Gasteiger partial charge in [0.2, 0.25) is 5.91 Å². The van der Waals surface area contributed by atoms with Crippen LogP contribution in [0.25, 0.3) is 0 Å². The molecular weight excluding hydrogens is 282 g/mol. The molecule has 21 heavy (non-hydrogen) atoms. The number of primary amides is 1. The minimum Gasteiger partial charge on any atom is -0.366 e. The van der Waals surface area contributed by atoms with E-state index < -0.39 is 0 Å². The molecule has 0 unspecified atom stereocenters. The number of nitrogens with two attached hydrogens (primary N) is 1. The van der Waals surface area contributed by atoms with Gasteiger partial charge in [0, 0.05) is 29.9 Å². The summed E-state index contributed by atoms with van der Waals surface area (Å²) in [6.07, 6.45) is 0. The largest absolute Gasteiger partial charge is 0.366 e.